The van der Waals surface area contributed by atoms with Crippen molar-refractivity contribution in [2.75, 3.05) is 5.32 Å². The largest absolute Gasteiger partial charge is 0.337 e. The van der Waals surface area contributed by atoms with Gasteiger partial charge in [-0.25, -0.2) is 9.97 Å². The minimum atomic E-state index is 0.450. The maximum Gasteiger partial charge on any atom is 0.135 e. The van der Waals surface area contributed by atoms with Crippen LogP contribution in [0.5, 0.6) is 0 Å². The molecule has 0 unspecified atom stereocenters. The third kappa shape index (κ3) is 2.79. The standard InChI is InChI=1S/C12H16ClN5/c1-4-8-9(7-18(3)17-8)14-12-6-10(13)15-11(5-2)16-12/h6-7H,4-5H2,1-3H3,(H,14,15,16). The SMILES string of the molecule is CCc1nc(Cl)cc(Nc2cn(C)nc2CC)n1. The second-order valence-corrected chi connectivity index (χ2v) is 4.37. The van der Waals surface area contributed by atoms with Crippen molar-refractivity contribution in [3.63, 3.8) is 0 Å². The Morgan fingerprint density at radius 1 is 1.28 bits per heavy atom. The van der Waals surface area contributed by atoms with Crippen LogP contribution in [0.1, 0.15) is 25.4 Å². The molecule has 0 bridgehead atoms. The van der Waals surface area contributed by atoms with Gasteiger partial charge in [0.1, 0.15) is 16.8 Å². The molecule has 0 aliphatic rings. The van der Waals surface area contributed by atoms with Gasteiger partial charge in [0, 0.05) is 25.7 Å². The first-order valence-electron chi connectivity index (χ1n) is 5.95. The van der Waals surface area contributed by atoms with E-state index in [9.17, 15) is 0 Å². The minimum absolute atomic E-state index is 0.450. The third-order valence-corrected chi connectivity index (χ3v) is 2.75. The van der Waals surface area contributed by atoms with Crippen LogP contribution in [0.15, 0.2) is 12.3 Å². The van der Waals surface area contributed by atoms with Gasteiger partial charge in [-0.1, -0.05) is 25.4 Å². The highest BCUT2D eigenvalue weighted by molar-refractivity contribution is 6.29. The normalized spacial score (nSPS) is 10.7. The van der Waals surface area contributed by atoms with Gasteiger partial charge in [0.05, 0.1) is 11.4 Å². The summed E-state index contributed by atoms with van der Waals surface area (Å²) in [6, 6.07) is 1.72. The number of aryl methyl sites for hydroxylation is 3. The van der Waals surface area contributed by atoms with Crippen molar-refractivity contribution < 1.29 is 0 Å². The molecular formula is C12H16ClN5. The highest BCUT2D eigenvalue weighted by atomic mass is 35.5. The second kappa shape index (κ2) is 5.35. The molecule has 2 rings (SSSR count). The molecule has 2 aromatic heterocycles. The Morgan fingerprint density at radius 3 is 2.72 bits per heavy atom. The Bertz CT molecular complexity index is 549. The van der Waals surface area contributed by atoms with E-state index in [0.29, 0.717) is 11.0 Å². The van der Waals surface area contributed by atoms with E-state index in [0.717, 1.165) is 30.0 Å². The van der Waals surface area contributed by atoms with Crippen molar-refractivity contribution in [2.45, 2.75) is 26.7 Å². The summed E-state index contributed by atoms with van der Waals surface area (Å²) in [5, 5.41) is 8.06. The molecule has 96 valence electrons. The zero-order valence-corrected chi connectivity index (χ0v) is 11.5. The van der Waals surface area contributed by atoms with Crippen LogP contribution in [-0.2, 0) is 19.9 Å². The van der Waals surface area contributed by atoms with Crippen molar-refractivity contribution in [3.8, 4) is 0 Å². The molecule has 0 radical (unpaired) electrons. The van der Waals surface area contributed by atoms with E-state index in [1.54, 1.807) is 10.7 Å². The minimum Gasteiger partial charge on any atom is -0.337 e. The van der Waals surface area contributed by atoms with E-state index in [2.05, 4.69) is 27.3 Å². The number of hydrogen-bond acceptors (Lipinski definition) is 4. The summed E-state index contributed by atoms with van der Waals surface area (Å²) >= 11 is 5.96. The monoisotopic (exact) mass is 265 g/mol. The molecule has 0 spiro atoms. The van der Waals surface area contributed by atoms with Gasteiger partial charge in [0.25, 0.3) is 0 Å². The molecule has 0 saturated carbocycles. The molecule has 2 aromatic rings. The molecule has 18 heavy (non-hydrogen) atoms. The number of nitrogens with one attached hydrogen (secondary N) is 1. The lowest BCUT2D eigenvalue weighted by atomic mass is 10.3. The summed E-state index contributed by atoms with van der Waals surface area (Å²) < 4.78 is 1.78. The van der Waals surface area contributed by atoms with Gasteiger partial charge in [0.15, 0.2) is 0 Å². The molecule has 0 atom stereocenters. The van der Waals surface area contributed by atoms with Gasteiger partial charge >= 0.3 is 0 Å². The van der Waals surface area contributed by atoms with E-state index in [4.69, 9.17) is 11.6 Å². The Balaban J connectivity index is 2.30. The van der Waals surface area contributed by atoms with Crippen molar-refractivity contribution in [2.24, 2.45) is 7.05 Å². The van der Waals surface area contributed by atoms with Crippen molar-refractivity contribution in [1.82, 2.24) is 19.7 Å². The van der Waals surface area contributed by atoms with Crippen LogP contribution in [0, 0.1) is 0 Å². The van der Waals surface area contributed by atoms with Crippen LogP contribution < -0.4 is 5.32 Å². The van der Waals surface area contributed by atoms with Crippen LogP contribution in [0.3, 0.4) is 0 Å². The average Bonchev–Trinajstić information content (AvgIpc) is 2.68. The summed E-state index contributed by atoms with van der Waals surface area (Å²) in [5.41, 5.74) is 1.96. The summed E-state index contributed by atoms with van der Waals surface area (Å²) in [7, 11) is 1.90. The van der Waals surface area contributed by atoms with Gasteiger partial charge in [0.2, 0.25) is 0 Å². The van der Waals surface area contributed by atoms with Crippen molar-refractivity contribution in [3.05, 3.63) is 28.9 Å². The fourth-order valence-corrected chi connectivity index (χ4v) is 1.93. The van der Waals surface area contributed by atoms with Crippen LogP contribution in [0.25, 0.3) is 0 Å². The van der Waals surface area contributed by atoms with Gasteiger partial charge in [-0.3, -0.25) is 4.68 Å². The van der Waals surface area contributed by atoms with Crippen LogP contribution >= 0.6 is 11.6 Å². The number of hydrogen-bond donors (Lipinski definition) is 1. The van der Waals surface area contributed by atoms with E-state index in [-0.39, 0.29) is 0 Å². The fraction of sp³-hybridized carbons (Fsp3) is 0.417. The second-order valence-electron chi connectivity index (χ2n) is 3.99. The van der Waals surface area contributed by atoms with Gasteiger partial charge in [-0.15, -0.1) is 0 Å². The maximum atomic E-state index is 5.96. The lowest BCUT2D eigenvalue weighted by Crippen LogP contribution is -2.00. The number of aromatic nitrogens is 4. The third-order valence-electron chi connectivity index (χ3n) is 2.56. The first-order chi connectivity index (χ1) is 8.62. The molecular weight excluding hydrogens is 250 g/mol. The van der Waals surface area contributed by atoms with Gasteiger partial charge < -0.3 is 5.32 Å². The predicted molar refractivity (Wildman–Crippen MR) is 72.3 cm³/mol. The van der Waals surface area contributed by atoms with E-state index < -0.39 is 0 Å². The summed E-state index contributed by atoms with van der Waals surface area (Å²) in [6.45, 7) is 4.06. The van der Waals surface area contributed by atoms with E-state index in [1.807, 2.05) is 20.2 Å². The zero-order valence-electron chi connectivity index (χ0n) is 10.7. The molecule has 0 amide bonds. The lowest BCUT2D eigenvalue weighted by Gasteiger charge is -2.06. The maximum absolute atomic E-state index is 5.96. The molecule has 1 N–H and O–H groups in total. The predicted octanol–water partition coefficient (Wildman–Crippen LogP) is 2.73. The molecule has 0 saturated heterocycles. The van der Waals surface area contributed by atoms with Gasteiger partial charge in [-0.05, 0) is 6.42 Å². The lowest BCUT2D eigenvalue weighted by molar-refractivity contribution is 0.746. The fourth-order valence-electron chi connectivity index (χ4n) is 1.72. The number of rotatable bonds is 4. The van der Waals surface area contributed by atoms with Crippen molar-refractivity contribution in [1.29, 1.82) is 0 Å². The molecule has 2 heterocycles. The molecule has 0 fully saturated rings. The highest BCUT2D eigenvalue weighted by Crippen LogP contribution is 2.20. The van der Waals surface area contributed by atoms with E-state index >= 15 is 0 Å². The highest BCUT2D eigenvalue weighted by Gasteiger charge is 2.08. The summed E-state index contributed by atoms with van der Waals surface area (Å²) in [4.78, 5) is 8.52. The number of nitrogens with zero attached hydrogens (tertiary/aromatic N) is 4. The van der Waals surface area contributed by atoms with Crippen LogP contribution in [-0.4, -0.2) is 19.7 Å². The average molecular weight is 266 g/mol. The topological polar surface area (TPSA) is 55.6 Å². The Morgan fingerprint density at radius 2 is 2.06 bits per heavy atom. The molecule has 0 aliphatic carbocycles. The number of halogens is 1. The molecule has 0 aromatic carbocycles. The van der Waals surface area contributed by atoms with Crippen LogP contribution in [0.2, 0.25) is 5.15 Å². The Labute approximate surface area is 111 Å². The Kier molecular flexibility index (Phi) is 3.81. The number of anilines is 2. The Hall–Kier alpha value is -1.62. The summed E-state index contributed by atoms with van der Waals surface area (Å²) in [6.07, 6.45) is 3.55. The molecule has 0 aliphatic heterocycles. The summed E-state index contributed by atoms with van der Waals surface area (Å²) in [5.74, 6) is 1.43. The van der Waals surface area contributed by atoms with Crippen LogP contribution in [0.4, 0.5) is 11.5 Å². The molecule has 6 heteroatoms. The van der Waals surface area contributed by atoms with Crippen molar-refractivity contribution >= 4 is 23.1 Å². The zero-order chi connectivity index (χ0) is 13.1. The quantitative estimate of drug-likeness (QED) is 0.864. The molecule has 5 nitrogen and oxygen atoms in total. The smallest absolute Gasteiger partial charge is 0.135 e. The van der Waals surface area contributed by atoms with Gasteiger partial charge in [-0.2, -0.15) is 5.10 Å². The first-order valence-corrected chi connectivity index (χ1v) is 6.33. The van der Waals surface area contributed by atoms with E-state index in [1.165, 1.54) is 0 Å². The first kappa shape index (κ1) is 12.8.